The summed E-state index contributed by atoms with van der Waals surface area (Å²) in [6.45, 7) is 10.5. The molecule has 25 heavy (non-hydrogen) atoms. The van der Waals surface area contributed by atoms with E-state index in [2.05, 4.69) is 34.4 Å². The van der Waals surface area contributed by atoms with Gasteiger partial charge in [0.15, 0.2) is 5.96 Å². The van der Waals surface area contributed by atoms with Crippen molar-refractivity contribution in [3.63, 3.8) is 0 Å². The molecule has 2 fully saturated rings. The van der Waals surface area contributed by atoms with Crippen molar-refractivity contribution in [3.05, 3.63) is 0 Å². The summed E-state index contributed by atoms with van der Waals surface area (Å²) in [5.74, 6) is 0.951. The number of rotatable bonds is 9. The van der Waals surface area contributed by atoms with Crippen LogP contribution in [0.1, 0.15) is 65.2 Å². The lowest BCUT2D eigenvalue weighted by atomic mass is 9.83. The van der Waals surface area contributed by atoms with E-state index in [4.69, 9.17) is 4.74 Å². The third-order valence-corrected chi connectivity index (χ3v) is 6.13. The number of hydrogen-bond acceptors (Lipinski definition) is 3. The average molecular weight is 353 g/mol. The largest absolute Gasteiger partial charge is 0.382 e. The molecule has 2 aliphatic rings. The minimum absolute atomic E-state index is 0.397. The molecule has 1 heterocycles. The molecule has 2 rings (SSSR count). The van der Waals surface area contributed by atoms with E-state index in [1.807, 2.05) is 7.05 Å². The molecule has 0 aromatic rings. The van der Waals surface area contributed by atoms with Crippen molar-refractivity contribution in [2.45, 2.75) is 71.3 Å². The van der Waals surface area contributed by atoms with Crippen LogP contribution >= 0.6 is 0 Å². The number of piperidine rings is 1. The minimum Gasteiger partial charge on any atom is -0.382 e. The fourth-order valence-corrected chi connectivity index (χ4v) is 4.37. The highest BCUT2D eigenvalue weighted by Gasteiger charge is 2.33. The number of guanidine groups is 1. The Bertz CT molecular complexity index is 393. The van der Waals surface area contributed by atoms with Crippen LogP contribution in [0.5, 0.6) is 0 Å². The molecule has 5 heteroatoms. The van der Waals surface area contributed by atoms with Gasteiger partial charge in [-0.25, -0.2) is 0 Å². The summed E-state index contributed by atoms with van der Waals surface area (Å²) in [6, 6.07) is 0.728. The van der Waals surface area contributed by atoms with E-state index in [-0.39, 0.29) is 0 Å². The summed E-state index contributed by atoms with van der Waals surface area (Å²) in [5, 5.41) is 7.10. The molecule has 146 valence electrons. The lowest BCUT2D eigenvalue weighted by Gasteiger charge is -2.33. The zero-order chi connectivity index (χ0) is 18.0. The lowest BCUT2D eigenvalue weighted by molar-refractivity contribution is 0.105. The average Bonchev–Trinajstić information content (AvgIpc) is 3.09. The van der Waals surface area contributed by atoms with Gasteiger partial charge in [0, 0.05) is 45.9 Å². The maximum absolute atomic E-state index is 5.62. The highest BCUT2D eigenvalue weighted by Crippen LogP contribution is 2.40. The maximum Gasteiger partial charge on any atom is 0.191 e. The molecular formula is C20H40N4O. The topological polar surface area (TPSA) is 48.9 Å². The Morgan fingerprint density at radius 3 is 2.68 bits per heavy atom. The Balaban J connectivity index is 1.71. The smallest absolute Gasteiger partial charge is 0.191 e. The normalized spacial score (nSPS) is 24.4. The van der Waals surface area contributed by atoms with Crippen molar-refractivity contribution in [2.24, 2.45) is 10.4 Å². The van der Waals surface area contributed by atoms with Gasteiger partial charge in [-0.1, -0.05) is 19.3 Å². The second kappa shape index (κ2) is 11.0. The van der Waals surface area contributed by atoms with Crippen LogP contribution in [0.4, 0.5) is 0 Å². The van der Waals surface area contributed by atoms with Gasteiger partial charge < -0.3 is 15.4 Å². The lowest BCUT2D eigenvalue weighted by Crippen LogP contribution is -2.47. The molecule has 0 amide bonds. The van der Waals surface area contributed by atoms with Gasteiger partial charge in [-0.15, -0.1) is 0 Å². The molecule has 1 aliphatic heterocycles. The fraction of sp³-hybridized carbons (Fsp3) is 0.950. The van der Waals surface area contributed by atoms with Crippen molar-refractivity contribution in [1.82, 2.24) is 15.5 Å². The number of hydrogen-bond donors (Lipinski definition) is 2. The van der Waals surface area contributed by atoms with E-state index in [0.29, 0.717) is 5.41 Å². The third-order valence-electron chi connectivity index (χ3n) is 6.13. The highest BCUT2D eigenvalue weighted by molar-refractivity contribution is 5.79. The van der Waals surface area contributed by atoms with Gasteiger partial charge in [-0.2, -0.15) is 0 Å². The molecule has 0 spiro atoms. The molecule has 1 atom stereocenters. The highest BCUT2D eigenvalue weighted by atomic mass is 16.5. The molecule has 0 radical (unpaired) electrons. The van der Waals surface area contributed by atoms with Gasteiger partial charge in [0.1, 0.15) is 0 Å². The van der Waals surface area contributed by atoms with Crippen LogP contribution in [0.3, 0.4) is 0 Å². The predicted octanol–water partition coefficient (Wildman–Crippen LogP) is 3.01. The van der Waals surface area contributed by atoms with E-state index < -0.39 is 0 Å². The Labute approximate surface area is 155 Å². The summed E-state index contributed by atoms with van der Waals surface area (Å²) in [7, 11) is 1.88. The molecule has 1 saturated carbocycles. The van der Waals surface area contributed by atoms with Gasteiger partial charge in [0.05, 0.1) is 0 Å². The van der Waals surface area contributed by atoms with Crippen LogP contribution in [-0.2, 0) is 4.74 Å². The van der Waals surface area contributed by atoms with E-state index >= 15 is 0 Å². The summed E-state index contributed by atoms with van der Waals surface area (Å²) < 4.78 is 5.62. The number of aliphatic imine (C=N–C) groups is 1. The van der Waals surface area contributed by atoms with Crippen LogP contribution in [0.25, 0.3) is 0 Å². The van der Waals surface area contributed by atoms with Gasteiger partial charge in [-0.3, -0.25) is 9.89 Å². The second-order valence-corrected chi connectivity index (χ2v) is 7.89. The maximum atomic E-state index is 5.62. The first-order valence-corrected chi connectivity index (χ1v) is 10.5. The first-order valence-electron chi connectivity index (χ1n) is 10.5. The second-order valence-electron chi connectivity index (χ2n) is 7.89. The van der Waals surface area contributed by atoms with E-state index in [9.17, 15) is 0 Å². The Hall–Kier alpha value is -0.810. The molecule has 1 saturated heterocycles. The first kappa shape index (κ1) is 20.5. The molecule has 5 nitrogen and oxygen atoms in total. The standard InChI is InChI=1S/C20H40N4O/c1-4-25-16-12-20(10-6-7-11-20)17-23-19(21-3)22-13-15-24-14-8-5-9-18(24)2/h18H,4-17H2,1-3H3,(H2,21,22,23). The first-order chi connectivity index (χ1) is 12.2. The third kappa shape index (κ3) is 6.78. The van der Waals surface area contributed by atoms with Gasteiger partial charge in [-0.05, 0) is 57.9 Å². The molecule has 2 N–H and O–H groups in total. The van der Waals surface area contributed by atoms with Crippen molar-refractivity contribution < 1.29 is 4.74 Å². The van der Waals surface area contributed by atoms with Crippen LogP contribution in [0, 0.1) is 5.41 Å². The minimum atomic E-state index is 0.397. The van der Waals surface area contributed by atoms with Gasteiger partial charge in [0.25, 0.3) is 0 Å². The summed E-state index contributed by atoms with van der Waals surface area (Å²) in [5.41, 5.74) is 0.397. The van der Waals surface area contributed by atoms with Crippen molar-refractivity contribution >= 4 is 5.96 Å². The molecular weight excluding hydrogens is 312 g/mol. The summed E-state index contributed by atoms with van der Waals surface area (Å²) in [6.07, 6.45) is 10.6. The Kier molecular flexibility index (Phi) is 9.04. The fourth-order valence-electron chi connectivity index (χ4n) is 4.37. The molecule has 0 bridgehead atoms. The van der Waals surface area contributed by atoms with Crippen molar-refractivity contribution in [1.29, 1.82) is 0 Å². The zero-order valence-electron chi connectivity index (χ0n) is 16.8. The predicted molar refractivity (Wildman–Crippen MR) is 106 cm³/mol. The van der Waals surface area contributed by atoms with Crippen LogP contribution < -0.4 is 10.6 Å². The summed E-state index contributed by atoms with van der Waals surface area (Å²) >= 11 is 0. The monoisotopic (exact) mass is 352 g/mol. The Morgan fingerprint density at radius 2 is 2.00 bits per heavy atom. The number of ether oxygens (including phenoxy) is 1. The van der Waals surface area contributed by atoms with E-state index in [1.54, 1.807) is 0 Å². The van der Waals surface area contributed by atoms with Crippen LogP contribution in [0.15, 0.2) is 4.99 Å². The quantitative estimate of drug-likeness (QED) is 0.380. The summed E-state index contributed by atoms with van der Waals surface area (Å²) in [4.78, 5) is 7.02. The van der Waals surface area contributed by atoms with E-state index in [0.717, 1.165) is 51.3 Å². The van der Waals surface area contributed by atoms with Gasteiger partial charge >= 0.3 is 0 Å². The van der Waals surface area contributed by atoms with Crippen LogP contribution in [0.2, 0.25) is 0 Å². The number of likely N-dealkylation sites (tertiary alicyclic amines) is 1. The van der Waals surface area contributed by atoms with Crippen LogP contribution in [-0.4, -0.2) is 63.3 Å². The van der Waals surface area contributed by atoms with E-state index in [1.165, 1.54) is 51.5 Å². The molecule has 0 aromatic carbocycles. The zero-order valence-corrected chi connectivity index (χ0v) is 16.8. The van der Waals surface area contributed by atoms with Gasteiger partial charge in [0.2, 0.25) is 0 Å². The van der Waals surface area contributed by atoms with Crippen molar-refractivity contribution in [2.75, 3.05) is 46.4 Å². The Morgan fingerprint density at radius 1 is 1.20 bits per heavy atom. The number of nitrogens with zero attached hydrogens (tertiary/aromatic N) is 2. The SMILES string of the molecule is CCOCCC1(CNC(=NC)NCCN2CCCCC2C)CCCC1. The number of nitrogens with one attached hydrogen (secondary N) is 2. The molecule has 1 aliphatic carbocycles. The van der Waals surface area contributed by atoms with Crippen molar-refractivity contribution in [3.8, 4) is 0 Å². The molecule has 0 aromatic heterocycles. The molecule has 1 unspecified atom stereocenters.